The van der Waals surface area contributed by atoms with E-state index in [-0.39, 0.29) is 17.2 Å². The molecular weight excluding hydrogens is 275 g/mol. The van der Waals surface area contributed by atoms with Crippen molar-refractivity contribution in [2.45, 2.75) is 19.8 Å². The summed E-state index contributed by atoms with van der Waals surface area (Å²) in [4.78, 5) is 21.2. The van der Waals surface area contributed by atoms with Crippen LogP contribution >= 0.6 is 23.2 Å². The van der Waals surface area contributed by atoms with Crippen LogP contribution in [0, 0.1) is 0 Å². The summed E-state index contributed by atoms with van der Waals surface area (Å²) in [6.45, 7) is 5.04. The predicted molar refractivity (Wildman–Crippen MR) is 71.3 cm³/mol. The fraction of sp³-hybridized carbons (Fsp3) is 0.231. The highest BCUT2D eigenvalue weighted by Gasteiger charge is 2.13. The van der Waals surface area contributed by atoms with E-state index in [0.29, 0.717) is 11.4 Å². The van der Waals surface area contributed by atoms with Crippen molar-refractivity contribution in [3.05, 3.63) is 39.9 Å². The van der Waals surface area contributed by atoms with Gasteiger partial charge in [-0.05, 0) is 18.1 Å². The van der Waals surface area contributed by atoms with Gasteiger partial charge in [0, 0.05) is 13.3 Å². The van der Waals surface area contributed by atoms with Gasteiger partial charge >= 0.3 is 5.97 Å². The van der Waals surface area contributed by atoms with E-state index in [1.165, 1.54) is 6.92 Å². The van der Waals surface area contributed by atoms with Gasteiger partial charge in [-0.1, -0.05) is 41.4 Å². The molecule has 96 valence electrons. The van der Waals surface area contributed by atoms with Crippen LogP contribution in [0.25, 0.3) is 0 Å². The molecular formula is C13H12Cl2O3. The Hall–Kier alpha value is -1.32. The van der Waals surface area contributed by atoms with E-state index in [1.54, 1.807) is 12.1 Å². The molecule has 0 amide bonds. The van der Waals surface area contributed by atoms with Crippen LogP contribution in [-0.2, 0) is 16.0 Å². The van der Waals surface area contributed by atoms with E-state index in [9.17, 15) is 9.59 Å². The zero-order chi connectivity index (χ0) is 13.7. The van der Waals surface area contributed by atoms with E-state index >= 15 is 0 Å². The van der Waals surface area contributed by atoms with Crippen molar-refractivity contribution in [3.63, 3.8) is 0 Å². The van der Waals surface area contributed by atoms with Gasteiger partial charge in [0.25, 0.3) is 0 Å². The Labute approximate surface area is 115 Å². The molecule has 0 aliphatic heterocycles. The Morgan fingerprint density at radius 3 is 2.61 bits per heavy atom. The van der Waals surface area contributed by atoms with Crippen LogP contribution in [0.4, 0.5) is 0 Å². The quantitative estimate of drug-likeness (QED) is 0.359. The monoisotopic (exact) mass is 286 g/mol. The SMILES string of the molecule is C=C(CC=O)Cc1ccc(OC(C)=O)c(Cl)c1Cl. The van der Waals surface area contributed by atoms with Gasteiger partial charge in [-0.15, -0.1) is 0 Å². The molecule has 0 N–H and O–H groups in total. The summed E-state index contributed by atoms with van der Waals surface area (Å²) in [5.74, 6) is -0.245. The van der Waals surface area contributed by atoms with Crippen LogP contribution in [0.1, 0.15) is 18.9 Å². The first kappa shape index (κ1) is 14.7. The maximum atomic E-state index is 10.8. The Morgan fingerprint density at radius 1 is 1.39 bits per heavy atom. The number of aldehydes is 1. The predicted octanol–water partition coefficient (Wildman–Crippen LogP) is 3.61. The van der Waals surface area contributed by atoms with Gasteiger partial charge in [0.2, 0.25) is 0 Å². The van der Waals surface area contributed by atoms with Crippen LogP contribution in [-0.4, -0.2) is 12.3 Å². The highest BCUT2D eigenvalue weighted by Crippen LogP contribution is 2.35. The molecule has 5 heteroatoms. The number of hydrogen-bond donors (Lipinski definition) is 0. The summed E-state index contributed by atoms with van der Waals surface area (Å²) in [6.07, 6.45) is 1.52. The molecule has 1 aromatic rings. The fourth-order valence-corrected chi connectivity index (χ4v) is 1.85. The minimum absolute atomic E-state index is 0.184. The zero-order valence-electron chi connectivity index (χ0n) is 9.83. The van der Waals surface area contributed by atoms with Crippen LogP contribution in [0.2, 0.25) is 10.0 Å². The molecule has 1 aromatic carbocycles. The van der Waals surface area contributed by atoms with E-state index < -0.39 is 5.97 Å². The summed E-state index contributed by atoms with van der Waals surface area (Å²) in [6, 6.07) is 3.27. The molecule has 0 bridgehead atoms. The van der Waals surface area contributed by atoms with Gasteiger partial charge in [0.15, 0.2) is 5.75 Å². The number of hydrogen-bond acceptors (Lipinski definition) is 3. The Balaban J connectivity index is 2.96. The lowest BCUT2D eigenvalue weighted by molar-refractivity contribution is -0.131. The second-order valence-corrected chi connectivity index (χ2v) is 4.50. The first-order valence-electron chi connectivity index (χ1n) is 5.21. The Bertz CT molecular complexity index is 495. The smallest absolute Gasteiger partial charge is 0.308 e. The number of ether oxygens (including phenoxy) is 1. The molecule has 0 radical (unpaired) electrons. The molecule has 0 atom stereocenters. The number of benzene rings is 1. The second-order valence-electron chi connectivity index (χ2n) is 3.74. The summed E-state index contributed by atoms with van der Waals surface area (Å²) in [5, 5.41) is 0.491. The van der Waals surface area contributed by atoms with Crippen molar-refractivity contribution >= 4 is 35.5 Å². The first-order chi connectivity index (χ1) is 8.45. The molecule has 0 fully saturated rings. The van der Waals surface area contributed by atoms with E-state index in [0.717, 1.165) is 17.4 Å². The molecule has 0 saturated heterocycles. The topological polar surface area (TPSA) is 43.4 Å². The molecule has 0 aliphatic carbocycles. The molecule has 0 unspecified atom stereocenters. The zero-order valence-corrected chi connectivity index (χ0v) is 11.3. The van der Waals surface area contributed by atoms with Crippen LogP contribution in [0.5, 0.6) is 5.75 Å². The van der Waals surface area contributed by atoms with E-state index in [1.807, 2.05) is 0 Å². The van der Waals surface area contributed by atoms with Crippen LogP contribution in [0.15, 0.2) is 24.3 Å². The van der Waals surface area contributed by atoms with Crippen LogP contribution < -0.4 is 4.74 Å². The number of rotatable bonds is 5. The molecule has 18 heavy (non-hydrogen) atoms. The summed E-state index contributed by atoms with van der Waals surface area (Å²) >= 11 is 12.1. The van der Waals surface area contributed by atoms with Gasteiger partial charge in [-0.3, -0.25) is 4.79 Å². The third-order valence-electron chi connectivity index (χ3n) is 2.19. The highest BCUT2D eigenvalue weighted by molar-refractivity contribution is 6.43. The third kappa shape index (κ3) is 3.86. The van der Waals surface area contributed by atoms with Gasteiger partial charge in [-0.2, -0.15) is 0 Å². The second kappa shape index (κ2) is 6.57. The largest absolute Gasteiger partial charge is 0.425 e. The minimum Gasteiger partial charge on any atom is -0.425 e. The number of allylic oxidation sites excluding steroid dienone is 1. The lowest BCUT2D eigenvalue weighted by atomic mass is 10.0. The van der Waals surface area contributed by atoms with Crippen LogP contribution in [0.3, 0.4) is 0 Å². The Kier molecular flexibility index (Phi) is 5.38. The standard InChI is InChI=1S/C13H12Cl2O3/c1-8(5-6-16)7-10-3-4-11(18-9(2)17)13(15)12(10)14/h3-4,6H,1,5,7H2,2H3. The summed E-state index contributed by atoms with van der Waals surface area (Å²) in [5.41, 5.74) is 1.48. The Morgan fingerprint density at radius 2 is 2.06 bits per heavy atom. The van der Waals surface area contributed by atoms with Crippen molar-refractivity contribution in [1.82, 2.24) is 0 Å². The number of esters is 1. The van der Waals surface area contributed by atoms with Crippen molar-refractivity contribution in [3.8, 4) is 5.75 Å². The van der Waals surface area contributed by atoms with Gasteiger partial charge < -0.3 is 9.53 Å². The van der Waals surface area contributed by atoms with E-state index in [4.69, 9.17) is 27.9 Å². The lowest BCUT2D eigenvalue weighted by Crippen LogP contribution is -2.02. The fourth-order valence-electron chi connectivity index (χ4n) is 1.40. The van der Waals surface area contributed by atoms with Gasteiger partial charge in [0.1, 0.15) is 11.3 Å². The van der Waals surface area contributed by atoms with Gasteiger partial charge in [0.05, 0.1) is 5.02 Å². The maximum absolute atomic E-state index is 10.8. The average Bonchev–Trinajstić information content (AvgIpc) is 2.29. The highest BCUT2D eigenvalue weighted by atomic mass is 35.5. The van der Waals surface area contributed by atoms with E-state index in [2.05, 4.69) is 6.58 Å². The summed E-state index contributed by atoms with van der Waals surface area (Å²) in [7, 11) is 0. The average molecular weight is 287 g/mol. The number of carbonyl (C=O) groups excluding carboxylic acids is 2. The first-order valence-corrected chi connectivity index (χ1v) is 5.97. The minimum atomic E-state index is -0.467. The number of carbonyl (C=O) groups is 2. The molecule has 0 saturated carbocycles. The molecule has 0 heterocycles. The molecule has 0 aromatic heterocycles. The normalized spacial score (nSPS) is 9.94. The lowest BCUT2D eigenvalue weighted by Gasteiger charge is -2.10. The van der Waals surface area contributed by atoms with Crippen molar-refractivity contribution < 1.29 is 14.3 Å². The summed E-state index contributed by atoms with van der Waals surface area (Å²) < 4.78 is 4.90. The molecule has 1 rings (SSSR count). The van der Waals surface area contributed by atoms with Crippen molar-refractivity contribution in [2.24, 2.45) is 0 Å². The maximum Gasteiger partial charge on any atom is 0.308 e. The third-order valence-corrected chi connectivity index (χ3v) is 3.10. The van der Waals surface area contributed by atoms with Crippen molar-refractivity contribution in [1.29, 1.82) is 0 Å². The van der Waals surface area contributed by atoms with Crippen molar-refractivity contribution in [2.75, 3.05) is 0 Å². The molecule has 0 spiro atoms. The molecule has 0 aliphatic rings. The van der Waals surface area contributed by atoms with Gasteiger partial charge in [-0.25, -0.2) is 0 Å². The molecule has 3 nitrogen and oxygen atoms in total. The number of halogens is 2.